The van der Waals surface area contributed by atoms with Crippen molar-refractivity contribution >= 4 is 38.4 Å². The molecule has 120 valence electrons. The lowest BCUT2D eigenvalue weighted by molar-refractivity contribution is 0.0948. The average Bonchev–Trinajstić information content (AvgIpc) is 3.23. The molecular weight excluding hydrogens is 320 g/mol. The Kier molecular flexibility index (Phi) is 3.74. The van der Waals surface area contributed by atoms with Crippen LogP contribution in [0, 0.1) is 0 Å². The van der Waals surface area contributed by atoms with Gasteiger partial charge in [-0.1, -0.05) is 37.3 Å². The summed E-state index contributed by atoms with van der Waals surface area (Å²) in [6.07, 6.45) is 0. The van der Waals surface area contributed by atoms with Gasteiger partial charge < -0.3 is 5.32 Å². The van der Waals surface area contributed by atoms with Crippen molar-refractivity contribution < 1.29 is 4.79 Å². The third kappa shape index (κ3) is 2.65. The topological polar surface area (TPSA) is 70.7 Å². The van der Waals surface area contributed by atoms with Gasteiger partial charge in [-0.2, -0.15) is 5.10 Å². The van der Waals surface area contributed by atoms with Crippen LogP contribution in [0.4, 0.5) is 0 Å². The van der Waals surface area contributed by atoms with Crippen LogP contribution in [0.2, 0.25) is 0 Å². The summed E-state index contributed by atoms with van der Waals surface area (Å²) >= 11 is 1.67. The molecule has 5 nitrogen and oxygen atoms in total. The van der Waals surface area contributed by atoms with E-state index in [0.29, 0.717) is 12.2 Å². The highest BCUT2D eigenvalue weighted by molar-refractivity contribution is 7.18. The zero-order valence-electron chi connectivity index (χ0n) is 13.1. The maximum atomic E-state index is 12.4. The summed E-state index contributed by atoms with van der Waals surface area (Å²) in [4.78, 5) is 17.1. The van der Waals surface area contributed by atoms with Crippen molar-refractivity contribution in [2.45, 2.75) is 12.8 Å². The van der Waals surface area contributed by atoms with Gasteiger partial charge in [0, 0.05) is 17.8 Å². The average molecular weight is 336 g/mol. The number of hydrogen-bond donors (Lipinski definition) is 2. The van der Waals surface area contributed by atoms with Crippen molar-refractivity contribution in [1.29, 1.82) is 0 Å². The molecule has 1 unspecified atom stereocenters. The predicted octanol–water partition coefficient (Wildman–Crippen LogP) is 3.71. The van der Waals surface area contributed by atoms with Crippen LogP contribution in [0.3, 0.4) is 0 Å². The number of thiazole rings is 1. The summed E-state index contributed by atoms with van der Waals surface area (Å²) in [7, 11) is 0. The molecule has 0 aliphatic rings. The molecule has 1 atom stereocenters. The minimum Gasteiger partial charge on any atom is -0.350 e. The molecule has 0 aliphatic heterocycles. The molecule has 6 heteroatoms. The van der Waals surface area contributed by atoms with Crippen LogP contribution in [0.5, 0.6) is 0 Å². The third-order valence-electron chi connectivity index (χ3n) is 3.99. The summed E-state index contributed by atoms with van der Waals surface area (Å²) in [5.74, 6) is -0.0167. The van der Waals surface area contributed by atoms with Crippen molar-refractivity contribution in [1.82, 2.24) is 20.5 Å². The first-order valence-electron chi connectivity index (χ1n) is 7.79. The highest BCUT2D eigenvalue weighted by Gasteiger charge is 2.16. The van der Waals surface area contributed by atoms with Crippen LogP contribution in [-0.4, -0.2) is 27.6 Å². The second-order valence-electron chi connectivity index (χ2n) is 5.75. The number of rotatable bonds is 4. The number of amides is 1. The van der Waals surface area contributed by atoms with Gasteiger partial charge in [-0.15, -0.1) is 11.3 Å². The number of carbonyl (C=O) groups excluding carboxylic acids is 1. The lowest BCUT2D eigenvalue weighted by Gasteiger charge is -2.09. The fourth-order valence-corrected chi connectivity index (χ4v) is 3.67. The number of H-pyrrole nitrogens is 1. The molecular formula is C18H16N4OS. The van der Waals surface area contributed by atoms with Gasteiger partial charge in [0.2, 0.25) is 0 Å². The highest BCUT2D eigenvalue weighted by atomic mass is 32.1. The molecule has 2 aromatic heterocycles. The number of carbonyl (C=O) groups is 1. The van der Waals surface area contributed by atoms with Gasteiger partial charge in [0.15, 0.2) is 5.69 Å². The van der Waals surface area contributed by atoms with Crippen molar-refractivity contribution in [3.8, 4) is 0 Å². The van der Waals surface area contributed by atoms with Gasteiger partial charge in [-0.05, 0) is 18.2 Å². The van der Waals surface area contributed by atoms with Crippen LogP contribution in [0.25, 0.3) is 21.1 Å². The first kappa shape index (κ1) is 14.8. The maximum Gasteiger partial charge on any atom is 0.272 e. The zero-order chi connectivity index (χ0) is 16.5. The van der Waals surface area contributed by atoms with Crippen molar-refractivity contribution in [2.24, 2.45) is 0 Å². The second kappa shape index (κ2) is 6.05. The van der Waals surface area contributed by atoms with Crippen molar-refractivity contribution in [2.75, 3.05) is 6.54 Å². The molecule has 4 aromatic rings. The van der Waals surface area contributed by atoms with Gasteiger partial charge >= 0.3 is 0 Å². The lowest BCUT2D eigenvalue weighted by Crippen LogP contribution is -2.27. The Balaban J connectivity index is 1.48. The van der Waals surface area contributed by atoms with Gasteiger partial charge in [0.05, 0.1) is 20.7 Å². The smallest absolute Gasteiger partial charge is 0.272 e. The number of para-hydroxylation sites is 2. The molecule has 1 amide bonds. The van der Waals surface area contributed by atoms with Crippen molar-refractivity contribution in [3.05, 3.63) is 59.2 Å². The first-order chi connectivity index (χ1) is 11.7. The van der Waals surface area contributed by atoms with E-state index in [-0.39, 0.29) is 11.8 Å². The van der Waals surface area contributed by atoms with E-state index in [0.717, 1.165) is 21.4 Å². The molecule has 2 aromatic carbocycles. The van der Waals surface area contributed by atoms with E-state index in [4.69, 9.17) is 0 Å². The minimum absolute atomic E-state index is 0.150. The molecule has 0 spiro atoms. The largest absolute Gasteiger partial charge is 0.350 e. The summed E-state index contributed by atoms with van der Waals surface area (Å²) in [5, 5.41) is 11.8. The Morgan fingerprint density at radius 3 is 2.88 bits per heavy atom. The van der Waals surface area contributed by atoms with E-state index in [1.165, 1.54) is 4.70 Å². The minimum atomic E-state index is -0.166. The van der Waals surface area contributed by atoms with Crippen LogP contribution in [-0.2, 0) is 0 Å². The Morgan fingerprint density at radius 1 is 1.21 bits per heavy atom. The Labute approximate surface area is 142 Å². The molecule has 24 heavy (non-hydrogen) atoms. The highest BCUT2D eigenvalue weighted by Crippen LogP contribution is 2.27. The Bertz CT molecular complexity index is 987. The number of nitrogens with zero attached hydrogens (tertiary/aromatic N) is 2. The van der Waals surface area contributed by atoms with Crippen molar-refractivity contribution in [3.63, 3.8) is 0 Å². The summed E-state index contributed by atoms with van der Waals surface area (Å²) in [6, 6.07) is 15.7. The van der Waals surface area contributed by atoms with Gasteiger partial charge in [0.1, 0.15) is 0 Å². The van der Waals surface area contributed by atoms with Gasteiger partial charge in [-0.25, -0.2) is 4.98 Å². The molecule has 2 heterocycles. The number of hydrogen-bond acceptors (Lipinski definition) is 4. The van der Waals surface area contributed by atoms with Gasteiger partial charge in [-0.3, -0.25) is 9.89 Å². The Morgan fingerprint density at radius 2 is 2.00 bits per heavy atom. The maximum absolute atomic E-state index is 12.4. The van der Waals surface area contributed by atoms with Crippen LogP contribution < -0.4 is 5.32 Å². The molecule has 4 rings (SSSR count). The number of aromatic nitrogens is 3. The van der Waals surface area contributed by atoms with E-state index in [9.17, 15) is 4.79 Å². The lowest BCUT2D eigenvalue weighted by atomic mass is 10.1. The third-order valence-corrected chi connectivity index (χ3v) is 5.25. The van der Waals surface area contributed by atoms with E-state index in [1.54, 1.807) is 11.3 Å². The quantitative estimate of drug-likeness (QED) is 0.597. The zero-order valence-corrected chi connectivity index (χ0v) is 13.9. The van der Waals surface area contributed by atoms with Crippen LogP contribution >= 0.6 is 11.3 Å². The second-order valence-corrected chi connectivity index (χ2v) is 6.81. The van der Waals surface area contributed by atoms with Crippen LogP contribution in [0.1, 0.15) is 28.3 Å². The van der Waals surface area contributed by atoms with Crippen LogP contribution in [0.15, 0.2) is 48.5 Å². The van der Waals surface area contributed by atoms with E-state index in [1.807, 2.05) is 42.5 Å². The normalized spacial score (nSPS) is 12.5. The SMILES string of the molecule is CC(CNC(=O)c1n[nH]c2ccccc12)c1nc2ccccc2s1. The summed E-state index contributed by atoms with van der Waals surface area (Å²) in [6.45, 7) is 2.60. The standard InChI is InChI=1S/C18H16N4OS/c1-11(18-20-14-8-4-5-9-15(14)24-18)10-19-17(23)16-12-6-2-3-7-13(12)21-22-16/h2-9,11H,10H2,1H3,(H,19,23)(H,21,22). The Hall–Kier alpha value is -2.73. The first-order valence-corrected chi connectivity index (χ1v) is 8.61. The predicted molar refractivity (Wildman–Crippen MR) is 96.5 cm³/mol. The molecule has 0 saturated heterocycles. The monoisotopic (exact) mass is 336 g/mol. The number of aromatic amines is 1. The molecule has 0 radical (unpaired) electrons. The molecule has 0 fully saturated rings. The molecule has 0 bridgehead atoms. The van der Waals surface area contributed by atoms with E-state index in [2.05, 4.69) is 33.5 Å². The van der Waals surface area contributed by atoms with E-state index < -0.39 is 0 Å². The fraction of sp³-hybridized carbons (Fsp3) is 0.167. The summed E-state index contributed by atoms with van der Waals surface area (Å²) < 4.78 is 1.17. The fourth-order valence-electron chi connectivity index (χ4n) is 2.65. The van der Waals surface area contributed by atoms with Gasteiger partial charge in [0.25, 0.3) is 5.91 Å². The summed E-state index contributed by atoms with van der Waals surface area (Å²) in [5.41, 5.74) is 2.30. The number of benzene rings is 2. The number of nitrogens with one attached hydrogen (secondary N) is 2. The van der Waals surface area contributed by atoms with E-state index >= 15 is 0 Å². The molecule has 0 aliphatic carbocycles. The molecule has 0 saturated carbocycles. The number of fused-ring (bicyclic) bond motifs is 2. The molecule has 2 N–H and O–H groups in total.